The van der Waals surface area contributed by atoms with Crippen LogP contribution in [0.15, 0.2) is 63.7 Å². The quantitative estimate of drug-likeness (QED) is 0.347. The van der Waals surface area contributed by atoms with Gasteiger partial charge in [0.1, 0.15) is 16.4 Å². The number of rotatable bonds is 7. The van der Waals surface area contributed by atoms with Crippen molar-refractivity contribution in [1.82, 2.24) is 0 Å². The number of nitrogens with zero attached hydrogens (tertiary/aromatic N) is 1. The minimum absolute atomic E-state index is 0.0827. The van der Waals surface area contributed by atoms with Gasteiger partial charge in [-0.1, -0.05) is 30.0 Å². The number of amides is 1. The highest BCUT2D eigenvalue weighted by atomic mass is 127. The van der Waals surface area contributed by atoms with E-state index in [1.165, 1.54) is 0 Å². The maximum Gasteiger partial charge on any atom is 0.344 e. The molecule has 0 fully saturated rings. The Hall–Kier alpha value is -2.79. The van der Waals surface area contributed by atoms with Gasteiger partial charge in [-0.25, -0.2) is 9.79 Å². The molecule has 1 aliphatic rings. The number of hydrogen-bond donors (Lipinski definition) is 1. The summed E-state index contributed by atoms with van der Waals surface area (Å²) in [4.78, 5) is 29.6. The fourth-order valence-electron chi connectivity index (χ4n) is 3.01. The number of halogens is 1. The van der Waals surface area contributed by atoms with Gasteiger partial charge in [0.25, 0.3) is 5.91 Å². The molecule has 1 heterocycles. The zero-order valence-electron chi connectivity index (χ0n) is 18.3. The maximum absolute atomic E-state index is 12.6. The predicted molar refractivity (Wildman–Crippen MR) is 137 cm³/mol. The third-order valence-electron chi connectivity index (χ3n) is 4.43. The molecule has 1 N–H and O–H groups in total. The van der Waals surface area contributed by atoms with Crippen molar-refractivity contribution < 1.29 is 28.9 Å². The molecule has 0 saturated heterocycles. The molecule has 1 amide bonds. The Bertz CT molecular complexity index is 1160. The number of hydrogen-bond acceptors (Lipinski definition) is 7. The predicted octanol–water partition coefficient (Wildman–Crippen LogP) is 5.40. The highest BCUT2D eigenvalue weighted by Crippen LogP contribution is 2.41. The first-order chi connectivity index (χ1) is 15.9. The average Bonchev–Trinajstić information content (AvgIpc) is 3.09. The molecule has 2 aromatic rings. The zero-order valence-corrected chi connectivity index (χ0v) is 21.2. The molecular weight excluding hydrogens is 557 g/mol. The largest absolute Gasteiger partial charge is 0.506 e. The van der Waals surface area contributed by atoms with Crippen molar-refractivity contribution in [3.63, 3.8) is 0 Å². The van der Waals surface area contributed by atoms with Crippen molar-refractivity contribution in [2.75, 3.05) is 20.3 Å². The van der Waals surface area contributed by atoms with Crippen LogP contribution in [0, 0.1) is 3.57 Å². The first kappa shape index (κ1) is 24.8. The third-order valence-corrected chi connectivity index (χ3v) is 6.25. The Kier molecular flexibility index (Phi) is 8.56. The summed E-state index contributed by atoms with van der Waals surface area (Å²) in [6.45, 7) is 4.11. The molecule has 7 nitrogen and oxygen atoms in total. The van der Waals surface area contributed by atoms with Gasteiger partial charge in [-0.15, -0.1) is 0 Å². The highest BCUT2D eigenvalue weighted by molar-refractivity contribution is 14.1. The minimum Gasteiger partial charge on any atom is -0.506 e. The van der Waals surface area contributed by atoms with Crippen molar-refractivity contribution in [3.8, 4) is 11.5 Å². The summed E-state index contributed by atoms with van der Waals surface area (Å²) in [5.41, 5.74) is 0.957. The van der Waals surface area contributed by atoms with E-state index in [1.54, 1.807) is 56.5 Å². The smallest absolute Gasteiger partial charge is 0.344 e. The Labute approximate surface area is 209 Å². The van der Waals surface area contributed by atoms with E-state index >= 15 is 0 Å². The lowest BCUT2D eigenvalue weighted by Crippen LogP contribution is -2.14. The van der Waals surface area contributed by atoms with E-state index in [2.05, 4.69) is 27.6 Å². The molecule has 0 aliphatic carbocycles. The zero-order chi connectivity index (χ0) is 24.0. The molecule has 2 aromatic carbocycles. The van der Waals surface area contributed by atoms with E-state index in [0.717, 1.165) is 20.9 Å². The number of aliphatic hydroxyl groups is 1. The number of carbonyl (C=O) groups excluding carboxylic acids is 2. The van der Waals surface area contributed by atoms with Crippen molar-refractivity contribution in [1.29, 1.82) is 0 Å². The average molecular weight is 579 g/mol. The van der Waals surface area contributed by atoms with Crippen molar-refractivity contribution in [2.45, 2.75) is 13.8 Å². The second-order valence-electron chi connectivity index (χ2n) is 6.61. The summed E-state index contributed by atoms with van der Waals surface area (Å²) in [6, 6.07) is 12.1. The Morgan fingerprint density at radius 3 is 2.52 bits per heavy atom. The maximum atomic E-state index is 12.6. The van der Waals surface area contributed by atoms with Crippen LogP contribution in [0.2, 0.25) is 0 Å². The summed E-state index contributed by atoms with van der Waals surface area (Å²) in [6.07, 6.45) is 1.69. The molecular formula is C24H22INO6S. The van der Waals surface area contributed by atoms with Crippen LogP contribution in [-0.4, -0.2) is 42.4 Å². The van der Waals surface area contributed by atoms with Crippen LogP contribution in [0.4, 0.5) is 0 Å². The molecule has 1 aliphatic heterocycles. The van der Waals surface area contributed by atoms with Crippen LogP contribution in [0.1, 0.15) is 29.8 Å². The van der Waals surface area contributed by atoms with Crippen LogP contribution >= 0.6 is 34.4 Å². The van der Waals surface area contributed by atoms with Gasteiger partial charge < -0.3 is 19.3 Å². The normalized spacial score (nSPS) is 15.8. The van der Waals surface area contributed by atoms with Crippen LogP contribution in [-0.2, 0) is 9.53 Å². The molecule has 3 rings (SSSR count). The second kappa shape index (κ2) is 11.4. The number of benzene rings is 2. The molecule has 0 unspecified atom stereocenters. The number of thioether (sulfide) groups is 1. The van der Waals surface area contributed by atoms with Crippen molar-refractivity contribution >= 4 is 57.3 Å². The number of carbonyl (C=O) groups is 2. The summed E-state index contributed by atoms with van der Waals surface area (Å²) >= 11 is 3.16. The van der Waals surface area contributed by atoms with E-state index in [9.17, 15) is 14.7 Å². The molecule has 0 spiro atoms. The summed E-state index contributed by atoms with van der Waals surface area (Å²) in [7, 11) is 1.57. The van der Waals surface area contributed by atoms with Gasteiger partial charge in [0, 0.05) is 5.56 Å². The number of esters is 1. The van der Waals surface area contributed by atoms with E-state index in [1.807, 2.05) is 13.0 Å². The van der Waals surface area contributed by atoms with E-state index in [-0.39, 0.29) is 23.0 Å². The minimum atomic E-state index is -0.746. The summed E-state index contributed by atoms with van der Waals surface area (Å²) in [5.74, 6) is -0.386. The van der Waals surface area contributed by atoms with Gasteiger partial charge in [0.05, 0.1) is 28.8 Å². The Morgan fingerprint density at radius 1 is 1.15 bits per heavy atom. The molecule has 0 aromatic heterocycles. The molecule has 0 radical (unpaired) electrons. The third kappa shape index (κ3) is 5.77. The molecule has 33 heavy (non-hydrogen) atoms. The Morgan fingerprint density at radius 2 is 1.88 bits per heavy atom. The summed E-state index contributed by atoms with van der Waals surface area (Å²) in [5, 5.41) is 10.9. The monoisotopic (exact) mass is 579 g/mol. The van der Waals surface area contributed by atoms with E-state index in [0.29, 0.717) is 28.6 Å². The fraction of sp³-hybridized carbons (Fsp3) is 0.208. The second-order valence-corrected chi connectivity index (χ2v) is 8.80. The molecule has 172 valence electrons. The van der Waals surface area contributed by atoms with Gasteiger partial charge in [-0.05, 0) is 72.3 Å². The molecule has 9 heteroatoms. The van der Waals surface area contributed by atoms with Gasteiger partial charge in [-0.3, -0.25) is 4.79 Å². The van der Waals surface area contributed by atoms with Gasteiger partial charge in [-0.2, -0.15) is 0 Å². The first-order valence-electron chi connectivity index (χ1n) is 10.1. The SMILES string of the molecule is CCOC(=O)C1=C(O)/C(=C/c2cc(I)c(OC)c(OCC)c2)SC1=NC(=O)c1ccccc1. The lowest BCUT2D eigenvalue weighted by Gasteiger charge is -2.12. The summed E-state index contributed by atoms with van der Waals surface area (Å²) < 4.78 is 17.0. The van der Waals surface area contributed by atoms with Gasteiger partial charge in [0.2, 0.25) is 0 Å². The van der Waals surface area contributed by atoms with E-state index in [4.69, 9.17) is 14.2 Å². The van der Waals surface area contributed by atoms with Crippen LogP contribution in [0.25, 0.3) is 6.08 Å². The lowest BCUT2D eigenvalue weighted by atomic mass is 10.1. The topological polar surface area (TPSA) is 94.4 Å². The number of ether oxygens (including phenoxy) is 3. The van der Waals surface area contributed by atoms with Crippen LogP contribution < -0.4 is 9.47 Å². The van der Waals surface area contributed by atoms with Crippen LogP contribution in [0.3, 0.4) is 0 Å². The molecule has 0 saturated carbocycles. The van der Waals surface area contributed by atoms with Crippen molar-refractivity contribution in [2.24, 2.45) is 4.99 Å². The van der Waals surface area contributed by atoms with Gasteiger partial charge >= 0.3 is 5.97 Å². The van der Waals surface area contributed by atoms with E-state index < -0.39 is 11.9 Å². The van der Waals surface area contributed by atoms with Crippen molar-refractivity contribution in [3.05, 3.63) is 73.4 Å². The first-order valence-corrected chi connectivity index (χ1v) is 12.0. The van der Waals surface area contributed by atoms with Gasteiger partial charge in [0.15, 0.2) is 11.5 Å². The number of aliphatic hydroxyl groups excluding tert-OH is 1. The lowest BCUT2D eigenvalue weighted by molar-refractivity contribution is -0.138. The standard InChI is InChI=1S/C24H22INO6S/c1-4-31-17-12-14(11-16(25)21(17)30-3)13-18-20(27)19(24(29)32-5-2)23(33-18)26-22(28)15-9-7-6-8-10-15/h6-13,27H,4-5H2,1-3H3/b18-13-,26-23?. The number of methoxy groups -OCH3 is 1. The molecule has 0 bridgehead atoms. The fourth-order valence-corrected chi connectivity index (χ4v) is 4.87. The molecule has 0 atom stereocenters. The highest BCUT2D eigenvalue weighted by Gasteiger charge is 2.34. The number of aliphatic imine (C=N–C) groups is 1. The van der Waals surface area contributed by atoms with Crippen LogP contribution in [0.5, 0.6) is 11.5 Å². The Balaban J connectivity index is 2.05.